The average molecular weight is 437 g/mol. The number of hydrogen-bond donors (Lipinski definition) is 4. The Labute approximate surface area is 191 Å². The van der Waals surface area contributed by atoms with Gasteiger partial charge >= 0.3 is 6.03 Å². The largest absolute Gasteiger partial charge is 0.400 e. The lowest BCUT2D eigenvalue weighted by molar-refractivity contribution is 0.245. The van der Waals surface area contributed by atoms with Crippen LogP contribution in [0.25, 0.3) is 0 Å². The van der Waals surface area contributed by atoms with E-state index in [1.165, 1.54) is 37.1 Å². The molecule has 7 heteroatoms. The first-order valence-corrected chi connectivity index (χ1v) is 11.3. The lowest BCUT2D eigenvalue weighted by Crippen LogP contribution is -2.32. The molecule has 2 aromatic carbocycles. The summed E-state index contributed by atoms with van der Waals surface area (Å²) in [7, 11) is 2.11. The average Bonchev–Trinajstić information content (AvgIpc) is 2.76. The zero-order valence-electron chi connectivity index (χ0n) is 19.2. The van der Waals surface area contributed by atoms with E-state index in [1.54, 1.807) is 6.20 Å². The van der Waals surface area contributed by atoms with Gasteiger partial charge in [0.1, 0.15) is 0 Å². The number of nitrogens with zero attached hydrogens (tertiary/aromatic N) is 2. The molecule has 172 valence electrons. The van der Waals surface area contributed by atoms with Gasteiger partial charge in [-0.15, -0.1) is 0 Å². The third-order valence-corrected chi connectivity index (χ3v) is 5.87. The van der Waals surface area contributed by atoms with Crippen molar-refractivity contribution in [3.05, 3.63) is 66.0 Å². The number of carbonyl (C=O) groups excluding carboxylic acids is 1. The smallest absolute Gasteiger partial charge is 0.323 e. The summed E-state index contributed by atoms with van der Waals surface area (Å²) < 4.78 is 0. The van der Waals surface area contributed by atoms with E-state index in [9.17, 15) is 4.79 Å². The molecule has 6 N–H and O–H groups in total. The molecule has 1 fully saturated rings. The van der Waals surface area contributed by atoms with Gasteiger partial charge in [-0.05, 0) is 68.6 Å². The molecule has 0 saturated heterocycles. The zero-order valence-corrected chi connectivity index (χ0v) is 19.2. The van der Waals surface area contributed by atoms with Crippen LogP contribution in [0.1, 0.15) is 37.7 Å². The van der Waals surface area contributed by atoms with Crippen LogP contribution in [-0.4, -0.2) is 31.1 Å². The van der Waals surface area contributed by atoms with Crippen molar-refractivity contribution in [2.45, 2.75) is 39.0 Å². The number of hydrogen-bond acceptors (Lipinski definition) is 5. The van der Waals surface area contributed by atoms with E-state index in [0.717, 1.165) is 29.4 Å². The minimum atomic E-state index is -0.290. The predicted octanol–water partition coefficient (Wildman–Crippen LogP) is 4.63. The summed E-state index contributed by atoms with van der Waals surface area (Å²) in [6, 6.07) is 14.7. The lowest BCUT2D eigenvalue weighted by Gasteiger charge is -2.27. The SMILES string of the molecule is Cc1ccccc1NC(=O)Nc1ccc(N(N)/C=C(\N)CN(C)CC2CCCCC2)cc1. The molecule has 32 heavy (non-hydrogen) atoms. The highest BCUT2D eigenvalue weighted by Gasteiger charge is 2.15. The molecule has 1 aliphatic rings. The molecule has 1 aliphatic carbocycles. The van der Waals surface area contributed by atoms with Gasteiger partial charge in [-0.2, -0.15) is 0 Å². The van der Waals surface area contributed by atoms with Crippen LogP contribution < -0.4 is 27.2 Å². The van der Waals surface area contributed by atoms with Gasteiger partial charge < -0.3 is 21.3 Å². The van der Waals surface area contributed by atoms with Gasteiger partial charge in [-0.3, -0.25) is 5.01 Å². The van der Waals surface area contributed by atoms with Crippen molar-refractivity contribution in [2.24, 2.45) is 17.5 Å². The zero-order chi connectivity index (χ0) is 22.9. The molecule has 0 radical (unpaired) electrons. The summed E-state index contributed by atoms with van der Waals surface area (Å²) in [6.45, 7) is 3.71. The van der Waals surface area contributed by atoms with Gasteiger partial charge in [-0.25, -0.2) is 10.6 Å². The Bertz CT molecular complexity index is 905. The van der Waals surface area contributed by atoms with Gasteiger partial charge in [0.2, 0.25) is 0 Å². The maximum absolute atomic E-state index is 12.3. The van der Waals surface area contributed by atoms with Crippen molar-refractivity contribution >= 4 is 23.1 Å². The number of rotatable bonds is 8. The number of nitrogens with one attached hydrogen (secondary N) is 2. The van der Waals surface area contributed by atoms with Gasteiger partial charge in [-0.1, -0.05) is 37.5 Å². The number of nitrogens with two attached hydrogens (primary N) is 2. The van der Waals surface area contributed by atoms with Crippen molar-refractivity contribution in [3.63, 3.8) is 0 Å². The first-order valence-electron chi connectivity index (χ1n) is 11.3. The fraction of sp³-hybridized carbons (Fsp3) is 0.400. The minimum Gasteiger partial charge on any atom is -0.400 e. The fourth-order valence-corrected chi connectivity index (χ4v) is 4.20. The van der Waals surface area contributed by atoms with Gasteiger partial charge in [0.05, 0.1) is 5.69 Å². The summed E-state index contributed by atoms with van der Waals surface area (Å²) in [5.74, 6) is 6.96. The molecule has 3 rings (SSSR count). The van der Waals surface area contributed by atoms with E-state index in [2.05, 4.69) is 22.6 Å². The summed E-state index contributed by atoms with van der Waals surface area (Å²) >= 11 is 0. The van der Waals surface area contributed by atoms with Crippen LogP contribution in [-0.2, 0) is 0 Å². The van der Waals surface area contributed by atoms with Crippen LogP contribution in [0.15, 0.2) is 60.4 Å². The molecule has 0 heterocycles. The third kappa shape index (κ3) is 7.28. The molecule has 0 unspecified atom stereocenters. The van der Waals surface area contributed by atoms with Gasteiger partial charge in [0.15, 0.2) is 0 Å². The molecule has 0 aromatic heterocycles. The Hall–Kier alpha value is -3.03. The van der Waals surface area contributed by atoms with Crippen LogP contribution in [0.3, 0.4) is 0 Å². The van der Waals surface area contributed by atoms with Gasteiger partial charge in [0.25, 0.3) is 0 Å². The van der Waals surface area contributed by atoms with Crippen LogP contribution in [0, 0.1) is 12.8 Å². The lowest BCUT2D eigenvalue weighted by atomic mass is 9.89. The van der Waals surface area contributed by atoms with Crippen LogP contribution in [0.2, 0.25) is 0 Å². The van der Waals surface area contributed by atoms with Crippen LogP contribution in [0.5, 0.6) is 0 Å². The topological polar surface area (TPSA) is 99.6 Å². The summed E-state index contributed by atoms with van der Waals surface area (Å²) in [5, 5.41) is 7.20. The standard InChI is InChI=1S/C25H36N6O/c1-19-8-6-7-11-24(19)29-25(32)28-22-12-14-23(15-13-22)31(27)18-21(26)17-30(2)16-20-9-4-3-5-10-20/h6-8,11-15,18,20H,3-5,9-10,16-17,26-27H2,1-2H3,(H2,28,29,32)/b21-18-. The number of carbonyl (C=O) groups is 1. The Balaban J connectivity index is 1.49. The number of anilines is 3. The van der Waals surface area contributed by atoms with E-state index in [4.69, 9.17) is 11.6 Å². The van der Waals surface area contributed by atoms with Crippen molar-refractivity contribution in [1.82, 2.24) is 4.90 Å². The second-order valence-electron chi connectivity index (χ2n) is 8.75. The minimum absolute atomic E-state index is 0.290. The number of aryl methyl sites for hydroxylation is 1. The molecule has 1 saturated carbocycles. The fourth-order valence-electron chi connectivity index (χ4n) is 4.20. The number of urea groups is 1. The highest BCUT2D eigenvalue weighted by atomic mass is 16.2. The van der Waals surface area contributed by atoms with Crippen LogP contribution >= 0.6 is 0 Å². The highest BCUT2D eigenvalue weighted by Crippen LogP contribution is 2.24. The molecule has 0 spiro atoms. The highest BCUT2D eigenvalue weighted by molar-refractivity contribution is 6.00. The van der Waals surface area contributed by atoms with Crippen molar-refractivity contribution in [3.8, 4) is 0 Å². The van der Waals surface area contributed by atoms with Crippen molar-refractivity contribution in [1.29, 1.82) is 0 Å². The molecular formula is C25H36N6O. The monoisotopic (exact) mass is 436 g/mol. The third-order valence-electron chi connectivity index (χ3n) is 5.87. The van der Waals surface area contributed by atoms with Crippen molar-refractivity contribution in [2.75, 3.05) is 35.8 Å². The number of amides is 2. The maximum atomic E-state index is 12.3. The first-order chi connectivity index (χ1) is 15.4. The summed E-state index contributed by atoms with van der Waals surface area (Å²) in [6.07, 6.45) is 8.46. The molecule has 2 aromatic rings. The Morgan fingerprint density at radius 1 is 1.06 bits per heavy atom. The number of benzene rings is 2. The molecule has 0 bridgehead atoms. The molecule has 0 atom stereocenters. The number of likely N-dealkylation sites (N-methyl/N-ethyl adjacent to an activating group) is 1. The molecular weight excluding hydrogens is 400 g/mol. The van der Waals surface area contributed by atoms with E-state index < -0.39 is 0 Å². The van der Waals surface area contributed by atoms with E-state index in [0.29, 0.717) is 17.9 Å². The molecule has 2 amide bonds. The van der Waals surface area contributed by atoms with E-state index in [1.807, 2.05) is 55.5 Å². The normalized spacial score (nSPS) is 14.9. The first kappa shape index (κ1) is 23.6. The number of para-hydroxylation sites is 1. The second-order valence-corrected chi connectivity index (χ2v) is 8.75. The van der Waals surface area contributed by atoms with Gasteiger partial charge in [0, 0.05) is 36.4 Å². The number of hydrazine groups is 1. The predicted molar refractivity (Wildman–Crippen MR) is 133 cm³/mol. The molecule has 7 nitrogen and oxygen atoms in total. The van der Waals surface area contributed by atoms with Crippen molar-refractivity contribution < 1.29 is 4.79 Å². The quantitative estimate of drug-likeness (QED) is 0.357. The molecule has 0 aliphatic heterocycles. The van der Waals surface area contributed by atoms with Crippen LogP contribution in [0.4, 0.5) is 21.9 Å². The summed E-state index contributed by atoms with van der Waals surface area (Å²) in [4.78, 5) is 14.5. The second kappa shape index (κ2) is 11.5. The maximum Gasteiger partial charge on any atom is 0.323 e. The van der Waals surface area contributed by atoms with E-state index >= 15 is 0 Å². The summed E-state index contributed by atoms with van der Waals surface area (Å²) in [5.41, 5.74) is 10.2. The Morgan fingerprint density at radius 2 is 1.75 bits per heavy atom. The van der Waals surface area contributed by atoms with E-state index in [-0.39, 0.29) is 6.03 Å². The Kier molecular flexibility index (Phi) is 8.53. The Morgan fingerprint density at radius 3 is 2.44 bits per heavy atom.